The van der Waals surface area contributed by atoms with Gasteiger partial charge in [-0.25, -0.2) is 0 Å². The molecule has 0 radical (unpaired) electrons. The molecule has 0 aromatic heterocycles. The first-order valence-corrected chi connectivity index (χ1v) is 12.5. The lowest BCUT2D eigenvalue weighted by atomic mass is 9.48. The van der Waals surface area contributed by atoms with Gasteiger partial charge in [-0.3, -0.25) is 0 Å². The highest BCUT2D eigenvalue weighted by Crippen LogP contribution is 2.68. The van der Waals surface area contributed by atoms with Gasteiger partial charge in [0.25, 0.3) is 0 Å². The van der Waals surface area contributed by atoms with E-state index < -0.39 is 0 Å². The van der Waals surface area contributed by atoms with Crippen molar-refractivity contribution in [3.63, 3.8) is 0 Å². The fraction of sp³-hybridized carbons (Fsp3) is 1.00. The Hall–Kier alpha value is -0.120. The van der Waals surface area contributed by atoms with E-state index in [2.05, 4.69) is 13.8 Å². The van der Waals surface area contributed by atoms with Gasteiger partial charge in [-0.15, -0.1) is 0 Å². The maximum absolute atomic E-state index is 11.4. The monoisotopic (exact) mass is 388 g/mol. The van der Waals surface area contributed by atoms with Crippen molar-refractivity contribution >= 4 is 0 Å². The molecule has 2 heterocycles. The summed E-state index contributed by atoms with van der Waals surface area (Å²) in [5.41, 5.74) is 0.253. The number of aliphatic hydroxyl groups is 1. The smallest absolute Gasteiger partial charge is 0.169 e. The number of hydrogen-bond acceptors (Lipinski definition) is 3. The second kappa shape index (κ2) is 6.44. The molecule has 11 unspecified atom stereocenters. The molecule has 6 rings (SSSR count). The van der Waals surface area contributed by atoms with Crippen LogP contribution in [-0.4, -0.2) is 29.7 Å². The molecule has 158 valence electrons. The molecule has 0 aromatic rings. The molecule has 1 spiro atoms. The van der Waals surface area contributed by atoms with Crippen molar-refractivity contribution in [3.05, 3.63) is 0 Å². The Bertz CT molecular complexity index is 611. The minimum Gasteiger partial charge on any atom is -0.393 e. The minimum atomic E-state index is -0.293. The third kappa shape index (κ3) is 2.57. The lowest BCUT2D eigenvalue weighted by Crippen LogP contribution is -2.54. The van der Waals surface area contributed by atoms with Gasteiger partial charge in [-0.1, -0.05) is 33.1 Å². The van der Waals surface area contributed by atoms with E-state index in [0.29, 0.717) is 23.9 Å². The van der Waals surface area contributed by atoms with Crippen molar-refractivity contribution in [2.24, 2.45) is 46.8 Å². The average Bonchev–Trinajstić information content (AvgIpc) is 3.17. The van der Waals surface area contributed by atoms with Crippen molar-refractivity contribution in [1.82, 2.24) is 0 Å². The first-order valence-electron chi connectivity index (χ1n) is 12.5. The van der Waals surface area contributed by atoms with E-state index in [1.807, 2.05) is 0 Å². The Morgan fingerprint density at radius 1 is 0.929 bits per heavy atom. The Labute approximate surface area is 170 Å². The molecule has 3 nitrogen and oxygen atoms in total. The van der Waals surface area contributed by atoms with E-state index in [-0.39, 0.29) is 17.3 Å². The van der Waals surface area contributed by atoms with Crippen molar-refractivity contribution < 1.29 is 14.6 Å². The molecule has 6 aliphatic rings. The van der Waals surface area contributed by atoms with E-state index in [1.54, 1.807) is 0 Å². The summed E-state index contributed by atoms with van der Waals surface area (Å²) >= 11 is 0. The van der Waals surface area contributed by atoms with Crippen LogP contribution in [0.15, 0.2) is 0 Å². The molecule has 0 aromatic carbocycles. The summed E-state index contributed by atoms with van der Waals surface area (Å²) in [6.07, 6.45) is 14.3. The van der Waals surface area contributed by atoms with Crippen molar-refractivity contribution in [3.8, 4) is 0 Å². The van der Waals surface area contributed by atoms with Gasteiger partial charge in [0.15, 0.2) is 5.79 Å². The highest BCUT2D eigenvalue weighted by atomic mass is 16.7. The summed E-state index contributed by atoms with van der Waals surface area (Å²) in [7, 11) is 0. The third-order valence-electron chi connectivity index (χ3n) is 10.6. The third-order valence-corrected chi connectivity index (χ3v) is 10.6. The molecule has 0 amide bonds. The Kier molecular flexibility index (Phi) is 4.28. The molecular formula is C25H40O3. The minimum absolute atomic E-state index is 0.0836. The van der Waals surface area contributed by atoms with Gasteiger partial charge >= 0.3 is 0 Å². The number of fused-ring (bicyclic) bond motifs is 7. The molecular weight excluding hydrogens is 348 g/mol. The summed E-state index contributed by atoms with van der Waals surface area (Å²) in [5, 5.41) is 11.4. The lowest BCUT2D eigenvalue weighted by molar-refractivity contribution is -0.256. The van der Waals surface area contributed by atoms with E-state index >= 15 is 0 Å². The fourth-order valence-electron chi connectivity index (χ4n) is 9.32. The molecule has 0 bridgehead atoms. The molecule has 1 N–H and O–H groups in total. The largest absolute Gasteiger partial charge is 0.393 e. The maximum Gasteiger partial charge on any atom is 0.169 e. The Balaban J connectivity index is 1.25. The predicted octanol–water partition coefficient (Wildman–Crippen LogP) is 5.16. The topological polar surface area (TPSA) is 38.7 Å². The number of ether oxygens (including phenoxy) is 2. The van der Waals surface area contributed by atoms with Gasteiger partial charge in [0.2, 0.25) is 0 Å². The Morgan fingerprint density at radius 3 is 2.61 bits per heavy atom. The predicted molar refractivity (Wildman–Crippen MR) is 109 cm³/mol. The normalized spacial score (nSPS) is 60.8. The van der Waals surface area contributed by atoms with E-state index in [9.17, 15) is 5.11 Å². The van der Waals surface area contributed by atoms with Gasteiger partial charge in [0.1, 0.15) is 0 Å². The standard InChI is InChI=1S/C25H40O3/c1-15-9-10-25(27-14-15)12-20-22(28-25)11-19-18-8-7-16-5-3-4-6-17(16)23(18)21(26)13-24(19,20)2/h15-23,26H,3-14H2,1-2H3. The molecule has 2 saturated heterocycles. The lowest BCUT2D eigenvalue weighted by Gasteiger charge is -2.57. The second-order valence-electron chi connectivity index (χ2n) is 12.0. The van der Waals surface area contributed by atoms with Gasteiger partial charge in [0, 0.05) is 12.8 Å². The molecule has 11 atom stereocenters. The molecule has 4 aliphatic carbocycles. The molecule has 6 fully saturated rings. The van der Waals surface area contributed by atoms with E-state index in [0.717, 1.165) is 49.5 Å². The summed E-state index contributed by atoms with van der Waals surface area (Å²) in [6, 6.07) is 0. The summed E-state index contributed by atoms with van der Waals surface area (Å²) in [5.74, 6) is 4.76. The van der Waals surface area contributed by atoms with E-state index in [4.69, 9.17) is 9.47 Å². The first-order chi connectivity index (χ1) is 13.5. The van der Waals surface area contributed by atoms with Crippen molar-refractivity contribution in [1.29, 1.82) is 0 Å². The number of rotatable bonds is 0. The molecule has 28 heavy (non-hydrogen) atoms. The van der Waals surface area contributed by atoms with Crippen LogP contribution in [0.1, 0.15) is 84.5 Å². The van der Waals surface area contributed by atoms with Crippen molar-refractivity contribution in [2.45, 2.75) is 102 Å². The van der Waals surface area contributed by atoms with Crippen LogP contribution in [0.3, 0.4) is 0 Å². The fourth-order valence-corrected chi connectivity index (χ4v) is 9.32. The highest BCUT2D eigenvalue weighted by molar-refractivity contribution is 5.13. The SMILES string of the molecule is CC1CCC2(CC3C(CC4C5CCC6CCCCC6C5C(O)CC34C)O2)OC1. The zero-order valence-corrected chi connectivity index (χ0v) is 17.9. The van der Waals surface area contributed by atoms with Crippen LogP contribution in [0.5, 0.6) is 0 Å². The van der Waals surface area contributed by atoms with Crippen LogP contribution in [0, 0.1) is 46.8 Å². The van der Waals surface area contributed by atoms with Gasteiger partial charge in [-0.2, -0.15) is 0 Å². The van der Waals surface area contributed by atoms with Crippen molar-refractivity contribution in [2.75, 3.05) is 6.61 Å². The molecule has 3 heteroatoms. The van der Waals surface area contributed by atoms with E-state index in [1.165, 1.54) is 51.4 Å². The van der Waals surface area contributed by atoms with Gasteiger partial charge in [0.05, 0.1) is 18.8 Å². The van der Waals surface area contributed by atoms with Crippen LogP contribution in [0.2, 0.25) is 0 Å². The second-order valence-corrected chi connectivity index (χ2v) is 12.0. The number of aliphatic hydroxyl groups excluding tert-OH is 1. The van der Waals surface area contributed by atoms with Crippen LogP contribution in [0.4, 0.5) is 0 Å². The quantitative estimate of drug-likeness (QED) is 0.623. The number of hydrogen-bond donors (Lipinski definition) is 1. The molecule has 4 saturated carbocycles. The van der Waals surface area contributed by atoms with Crippen LogP contribution in [-0.2, 0) is 9.47 Å². The summed E-state index contributed by atoms with van der Waals surface area (Å²) in [4.78, 5) is 0. The maximum atomic E-state index is 11.4. The van der Waals surface area contributed by atoms with Crippen LogP contribution in [0.25, 0.3) is 0 Å². The average molecular weight is 389 g/mol. The zero-order valence-electron chi connectivity index (χ0n) is 17.9. The van der Waals surface area contributed by atoms with Gasteiger partial charge < -0.3 is 14.6 Å². The molecule has 2 aliphatic heterocycles. The first kappa shape index (κ1) is 18.6. The Morgan fingerprint density at radius 2 is 1.79 bits per heavy atom. The summed E-state index contributed by atoms with van der Waals surface area (Å²) < 4.78 is 13.1. The zero-order chi connectivity index (χ0) is 19.1. The summed E-state index contributed by atoms with van der Waals surface area (Å²) in [6.45, 7) is 5.66. The highest BCUT2D eigenvalue weighted by Gasteiger charge is 2.66. The van der Waals surface area contributed by atoms with Gasteiger partial charge in [-0.05, 0) is 85.4 Å². The van der Waals surface area contributed by atoms with Crippen LogP contribution < -0.4 is 0 Å². The van der Waals surface area contributed by atoms with Crippen LogP contribution >= 0.6 is 0 Å².